The SMILES string of the molecule is C[C@H](NC(=O)OC(C)(C)C)C(=O)O[C@@H](C)[C@H](Oc1cc(F)ccc1F)c1ccccc1. The Bertz CT molecular complexity index is 899. The van der Waals surface area contributed by atoms with Crippen molar-refractivity contribution < 1.29 is 32.6 Å². The Balaban J connectivity index is 2.14. The molecule has 0 spiro atoms. The maximum Gasteiger partial charge on any atom is 0.408 e. The lowest BCUT2D eigenvalue weighted by Gasteiger charge is -2.27. The van der Waals surface area contributed by atoms with E-state index in [0.717, 1.165) is 18.2 Å². The van der Waals surface area contributed by atoms with Crippen molar-refractivity contribution in [3.05, 3.63) is 65.7 Å². The molecule has 1 amide bonds. The maximum atomic E-state index is 14.1. The summed E-state index contributed by atoms with van der Waals surface area (Å²) in [7, 11) is 0. The minimum atomic E-state index is -1.00. The molecule has 0 radical (unpaired) electrons. The second-order valence-electron chi connectivity index (χ2n) is 8.03. The Kier molecular flexibility index (Phi) is 7.96. The molecular formula is C23H27F2NO5. The molecule has 0 aromatic heterocycles. The molecule has 0 fully saturated rings. The Morgan fingerprint density at radius 3 is 2.26 bits per heavy atom. The zero-order valence-corrected chi connectivity index (χ0v) is 18.1. The molecule has 31 heavy (non-hydrogen) atoms. The first kappa shape index (κ1) is 24.1. The van der Waals surface area contributed by atoms with E-state index in [9.17, 15) is 18.4 Å². The van der Waals surface area contributed by atoms with E-state index in [1.807, 2.05) is 0 Å². The Morgan fingerprint density at radius 1 is 1.00 bits per heavy atom. The van der Waals surface area contributed by atoms with Crippen LogP contribution in [-0.2, 0) is 14.3 Å². The highest BCUT2D eigenvalue weighted by Crippen LogP contribution is 2.29. The van der Waals surface area contributed by atoms with Crippen LogP contribution in [0.4, 0.5) is 13.6 Å². The van der Waals surface area contributed by atoms with E-state index in [1.165, 1.54) is 6.92 Å². The van der Waals surface area contributed by atoms with Crippen molar-refractivity contribution in [2.24, 2.45) is 0 Å². The number of amides is 1. The molecule has 0 heterocycles. The van der Waals surface area contributed by atoms with Gasteiger partial charge in [0.2, 0.25) is 0 Å². The molecule has 0 aliphatic carbocycles. The maximum absolute atomic E-state index is 14.1. The third-order valence-electron chi connectivity index (χ3n) is 4.09. The zero-order valence-electron chi connectivity index (χ0n) is 18.1. The summed E-state index contributed by atoms with van der Waals surface area (Å²) in [4.78, 5) is 24.4. The van der Waals surface area contributed by atoms with Crippen LogP contribution in [0.1, 0.15) is 46.3 Å². The van der Waals surface area contributed by atoms with Crippen LogP contribution in [-0.4, -0.2) is 29.8 Å². The van der Waals surface area contributed by atoms with Crippen molar-refractivity contribution in [1.29, 1.82) is 0 Å². The van der Waals surface area contributed by atoms with E-state index in [2.05, 4.69) is 5.32 Å². The molecule has 2 aromatic rings. The fourth-order valence-electron chi connectivity index (χ4n) is 2.67. The molecule has 0 unspecified atom stereocenters. The van der Waals surface area contributed by atoms with Crippen LogP contribution in [0.15, 0.2) is 48.5 Å². The van der Waals surface area contributed by atoms with Gasteiger partial charge in [-0.25, -0.2) is 18.4 Å². The lowest BCUT2D eigenvalue weighted by molar-refractivity contribution is -0.155. The van der Waals surface area contributed by atoms with Gasteiger partial charge in [-0.2, -0.15) is 0 Å². The van der Waals surface area contributed by atoms with Gasteiger partial charge in [0.1, 0.15) is 23.6 Å². The second-order valence-corrected chi connectivity index (χ2v) is 8.03. The van der Waals surface area contributed by atoms with Crippen LogP contribution in [0.5, 0.6) is 5.75 Å². The third kappa shape index (κ3) is 7.55. The van der Waals surface area contributed by atoms with E-state index in [-0.39, 0.29) is 5.75 Å². The Morgan fingerprint density at radius 2 is 1.65 bits per heavy atom. The van der Waals surface area contributed by atoms with Crippen molar-refractivity contribution in [3.63, 3.8) is 0 Å². The first-order valence-corrected chi connectivity index (χ1v) is 9.83. The van der Waals surface area contributed by atoms with Crippen LogP contribution in [0.2, 0.25) is 0 Å². The molecule has 1 N–H and O–H groups in total. The normalized spacial score (nSPS) is 14.2. The Labute approximate surface area is 180 Å². The minimum Gasteiger partial charge on any atom is -0.479 e. The molecular weight excluding hydrogens is 408 g/mol. The van der Waals surface area contributed by atoms with Crippen LogP contribution >= 0.6 is 0 Å². The molecule has 2 aromatic carbocycles. The summed E-state index contributed by atoms with van der Waals surface area (Å²) >= 11 is 0. The highest BCUT2D eigenvalue weighted by Gasteiger charge is 2.29. The van der Waals surface area contributed by atoms with Gasteiger partial charge in [-0.05, 0) is 52.3 Å². The number of esters is 1. The summed E-state index contributed by atoms with van der Waals surface area (Å²) in [6, 6.07) is 10.6. The lowest BCUT2D eigenvalue weighted by atomic mass is 10.0. The van der Waals surface area contributed by atoms with Crippen molar-refractivity contribution in [2.45, 2.75) is 58.5 Å². The van der Waals surface area contributed by atoms with E-state index >= 15 is 0 Å². The van der Waals surface area contributed by atoms with E-state index in [0.29, 0.717) is 5.56 Å². The van der Waals surface area contributed by atoms with Crippen molar-refractivity contribution >= 4 is 12.1 Å². The lowest BCUT2D eigenvalue weighted by Crippen LogP contribution is -2.43. The average Bonchev–Trinajstić information content (AvgIpc) is 2.67. The number of halogens is 2. The third-order valence-corrected chi connectivity index (χ3v) is 4.09. The van der Waals surface area contributed by atoms with E-state index in [1.54, 1.807) is 58.0 Å². The largest absolute Gasteiger partial charge is 0.479 e. The van der Waals surface area contributed by atoms with Gasteiger partial charge >= 0.3 is 12.1 Å². The van der Waals surface area contributed by atoms with Crippen molar-refractivity contribution in [1.82, 2.24) is 5.32 Å². The number of ether oxygens (including phenoxy) is 3. The molecule has 168 valence electrons. The van der Waals surface area contributed by atoms with Crippen molar-refractivity contribution in [2.75, 3.05) is 0 Å². The predicted molar refractivity (Wildman–Crippen MR) is 111 cm³/mol. The number of carbonyl (C=O) groups is 2. The number of alkyl carbamates (subject to hydrolysis) is 1. The first-order chi connectivity index (χ1) is 14.5. The molecule has 6 nitrogen and oxygen atoms in total. The number of carbonyl (C=O) groups excluding carboxylic acids is 2. The fraction of sp³-hybridized carbons (Fsp3) is 0.391. The van der Waals surface area contributed by atoms with E-state index in [4.69, 9.17) is 14.2 Å². The van der Waals surface area contributed by atoms with Gasteiger partial charge in [0, 0.05) is 6.07 Å². The molecule has 0 saturated carbocycles. The van der Waals surface area contributed by atoms with Gasteiger partial charge in [0.05, 0.1) is 0 Å². The quantitative estimate of drug-likeness (QED) is 0.625. The fourth-order valence-corrected chi connectivity index (χ4v) is 2.67. The van der Waals surface area contributed by atoms with Crippen LogP contribution in [0.3, 0.4) is 0 Å². The molecule has 2 rings (SSSR count). The van der Waals surface area contributed by atoms with Gasteiger partial charge in [-0.3, -0.25) is 0 Å². The van der Waals surface area contributed by atoms with Crippen LogP contribution in [0.25, 0.3) is 0 Å². The molecule has 0 aliphatic heterocycles. The summed E-state index contributed by atoms with van der Waals surface area (Å²) in [5.74, 6) is -2.46. The molecule has 3 atom stereocenters. The first-order valence-electron chi connectivity index (χ1n) is 9.83. The minimum absolute atomic E-state index is 0.309. The predicted octanol–water partition coefficient (Wildman–Crippen LogP) is 4.93. The number of hydrogen-bond donors (Lipinski definition) is 1. The van der Waals surface area contributed by atoms with Crippen molar-refractivity contribution in [3.8, 4) is 5.75 Å². The van der Waals surface area contributed by atoms with Crippen LogP contribution < -0.4 is 10.1 Å². The van der Waals surface area contributed by atoms with Gasteiger partial charge in [-0.15, -0.1) is 0 Å². The standard InChI is InChI=1S/C23H27F2NO5/c1-14(26-22(28)31-23(3,4)5)21(27)29-15(2)20(16-9-7-6-8-10-16)30-19-13-17(24)11-12-18(19)25/h6-15,20H,1-5H3,(H,26,28)/t14-,15-,20-/m0/s1. The van der Waals surface area contributed by atoms with Gasteiger partial charge in [0.15, 0.2) is 17.7 Å². The topological polar surface area (TPSA) is 73.9 Å². The Hall–Kier alpha value is -3.16. The second kappa shape index (κ2) is 10.2. The zero-order chi connectivity index (χ0) is 23.2. The molecule has 8 heteroatoms. The van der Waals surface area contributed by atoms with E-state index < -0.39 is 47.5 Å². The van der Waals surface area contributed by atoms with Gasteiger partial charge < -0.3 is 19.5 Å². The average molecular weight is 435 g/mol. The highest BCUT2D eigenvalue weighted by atomic mass is 19.1. The monoisotopic (exact) mass is 435 g/mol. The number of nitrogens with one attached hydrogen (secondary N) is 1. The summed E-state index contributed by atoms with van der Waals surface area (Å²) in [5, 5.41) is 2.40. The summed E-state index contributed by atoms with van der Waals surface area (Å²) in [6.07, 6.45) is -2.57. The highest BCUT2D eigenvalue weighted by molar-refractivity contribution is 5.81. The summed E-state index contributed by atoms with van der Waals surface area (Å²) < 4.78 is 44.0. The van der Waals surface area contributed by atoms with Gasteiger partial charge in [-0.1, -0.05) is 30.3 Å². The molecule has 0 aliphatic rings. The number of benzene rings is 2. The summed E-state index contributed by atoms with van der Waals surface area (Å²) in [5.41, 5.74) is -0.123. The van der Waals surface area contributed by atoms with Gasteiger partial charge in [0.25, 0.3) is 0 Å². The molecule has 0 saturated heterocycles. The molecule has 0 bridgehead atoms. The summed E-state index contributed by atoms with van der Waals surface area (Å²) in [6.45, 7) is 8.11. The number of rotatable bonds is 7. The van der Waals surface area contributed by atoms with Crippen LogP contribution in [0, 0.1) is 11.6 Å². The smallest absolute Gasteiger partial charge is 0.408 e. The number of hydrogen-bond acceptors (Lipinski definition) is 5.